The summed E-state index contributed by atoms with van der Waals surface area (Å²) in [5.74, 6) is -0.722. The van der Waals surface area contributed by atoms with E-state index in [4.69, 9.17) is 5.11 Å². The molecule has 8 bridgehead atoms. The van der Waals surface area contributed by atoms with E-state index in [9.17, 15) is 4.79 Å². The summed E-state index contributed by atoms with van der Waals surface area (Å²) in [7, 11) is 0. The first kappa shape index (κ1) is 25.1. The Bertz CT molecular complexity index is 1830. The Morgan fingerprint density at radius 2 is 1.15 bits per heavy atom. The van der Waals surface area contributed by atoms with E-state index in [-0.39, 0.29) is 6.42 Å². The number of benzene rings is 2. The van der Waals surface area contributed by atoms with Crippen molar-refractivity contribution in [2.24, 2.45) is 0 Å². The van der Waals surface area contributed by atoms with Crippen LogP contribution in [0.2, 0.25) is 0 Å². The highest BCUT2D eigenvalue weighted by molar-refractivity contribution is 5.85. The molecule has 3 N–H and O–H groups in total. The predicted molar refractivity (Wildman–Crippen MR) is 163 cm³/mol. The summed E-state index contributed by atoms with van der Waals surface area (Å²) < 4.78 is 0. The molecule has 3 aromatic heterocycles. The van der Waals surface area contributed by atoms with E-state index < -0.39 is 5.97 Å². The normalized spacial score (nSPS) is 11.8. The van der Waals surface area contributed by atoms with Crippen LogP contribution in [0.15, 0.2) is 91.0 Å². The summed E-state index contributed by atoms with van der Waals surface area (Å²) >= 11 is 0. The fourth-order valence-corrected chi connectivity index (χ4v) is 4.88. The Hall–Kier alpha value is -5.23. The predicted octanol–water partition coefficient (Wildman–Crippen LogP) is 7.90. The van der Waals surface area contributed by atoms with E-state index in [1.165, 1.54) is 16.3 Å². The van der Waals surface area contributed by atoms with Gasteiger partial charge in [0.05, 0.1) is 22.8 Å². The number of carbonyl (C=O) groups is 1. The molecule has 6 nitrogen and oxygen atoms in total. The van der Waals surface area contributed by atoms with Crippen molar-refractivity contribution in [2.45, 2.75) is 19.3 Å². The number of fused-ring (bicyclic) bond motifs is 9. The van der Waals surface area contributed by atoms with Gasteiger partial charge < -0.3 is 15.1 Å². The van der Waals surface area contributed by atoms with E-state index in [1.807, 2.05) is 60.7 Å². The zero-order valence-electron chi connectivity index (χ0n) is 21.8. The maximum Gasteiger partial charge on any atom is 0.303 e. The molecule has 0 saturated heterocycles. The number of nitrogens with zero attached hydrogens (tertiary/aromatic N) is 2. The zero-order valence-corrected chi connectivity index (χ0v) is 21.8. The van der Waals surface area contributed by atoms with Crippen LogP contribution >= 0.6 is 0 Å². The third kappa shape index (κ3) is 6.08. The first-order chi connectivity index (χ1) is 19.6. The molecule has 0 radical (unpaired) electrons. The molecule has 0 amide bonds. The van der Waals surface area contributed by atoms with Gasteiger partial charge in [0.2, 0.25) is 0 Å². The molecule has 0 fully saturated rings. The van der Waals surface area contributed by atoms with Gasteiger partial charge in [-0.2, -0.15) is 0 Å². The van der Waals surface area contributed by atoms with Gasteiger partial charge in [0.15, 0.2) is 0 Å². The number of rotatable bonds is 4. The Balaban J connectivity index is 0.000000158. The number of nitrogens with one attached hydrogen (secondary N) is 2. The van der Waals surface area contributed by atoms with Gasteiger partial charge in [-0.05, 0) is 102 Å². The third-order valence-electron chi connectivity index (χ3n) is 6.76. The maximum atomic E-state index is 10.5. The average Bonchev–Trinajstić information content (AvgIpc) is 3.76. The second-order valence-electron chi connectivity index (χ2n) is 9.79. The number of aromatic amines is 2. The molecular weight excluding hydrogens is 496 g/mol. The second-order valence-corrected chi connectivity index (χ2v) is 9.79. The number of aryl methyl sites for hydroxylation is 1. The van der Waals surface area contributed by atoms with Crippen LogP contribution < -0.4 is 0 Å². The Morgan fingerprint density at radius 3 is 1.75 bits per heavy atom. The van der Waals surface area contributed by atoms with Gasteiger partial charge in [0.25, 0.3) is 0 Å². The van der Waals surface area contributed by atoms with Gasteiger partial charge >= 0.3 is 5.97 Å². The van der Waals surface area contributed by atoms with Crippen molar-refractivity contribution in [2.75, 3.05) is 0 Å². The quantitative estimate of drug-likeness (QED) is 0.218. The Kier molecular flexibility index (Phi) is 7.05. The third-order valence-corrected chi connectivity index (χ3v) is 6.76. The minimum atomic E-state index is -0.722. The van der Waals surface area contributed by atoms with Crippen LogP contribution in [-0.4, -0.2) is 31.0 Å². The highest BCUT2D eigenvalue weighted by Gasteiger charge is 2.03. The van der Waals surface area contributed by atoms with Crippen molar-refractivity contribution < 1.29 is 9.90 Å². The molecule has 2 aliphatic rings. The van der Waals surface area contributed by atoms with Gasteiger partial charge in [-0.3, -0.25) is 4.79 Å². The Morgan fingerprint density at radius 1 is 0.625 bits per heavy atom. The lowest BCUT2D eigenvalue weighted by Crippen LogP contribution is -1.96. The summed E-state index contributed by atoms with van der Waals surface area (Å²) in [6, 6.07) is 30.8. The fourth-order valence-electron chi connectivity index (χ4n) is 4.88. The van der Waals surface area contributed by atoms with Crippen molar-refractivity contribution in [3.63, 3.8) is 0 Å². The molecule has 5 heterocycles. The number of carboxylic acids is 1. The highest BCUT2D eigenvalue weighted by Crippen LogP contribution is 2.20. The smallest absolute Gasteiger partial charge is 0.303 e. The fraction of sp³-hybridized carbons (Fsp3) is 0.0882. The summed E-state index contributed by atoms with van der Waals surface area (Å²) in [5, 5.41) is 11.1. The van der Waals surface area contributed by atoms with Gasteiger partial charge in [-0.15, -0.1) is 0 Å². The monoisotopic (exact) mass is 524 g/mol. The van der Waals surface area contributed by atoms with E-state index in [0.717, 1.165) is 51.3 Å². The summed E-state index contributed by atoms with van der Waals surface area (Å²) in [6.07, 6.45) is 9.81. The van der Waals surface area contributed by atoms with Crippen LogP contribution in [-0.2, 0) is 11.2 Å². The summed E-state index contributed by atoms with van der Waals surface area (Å²) in [6.45, 7) is 0. The molecule has 0 saturated carbocycles. The first-order valence-corrected chi connectivity index (χ1v) is 13.3. The van der Waals surface area contributed by atoms with Crippen LogP contribution in [0.3, 0.4) is 0 Å². The molecule has 196 valence electrons. The highest BCUT2D eigenvalue weighted by atomic mass is 16.4. The maximum absolute atomic E-state index is 10.5. The van der Waals surface area contributed by atoms with Gasteiger partial charge in [0.1, 0.15) is 0 Å². The van der Waals surface area contributed by atoms with Crippen molar-refractivity contribution in [1.82, 2.24) is 19.9 Å². The largest absolute Gasteiger partial charge is 0.481 e. The summed E-state index contributed by atoms with van der Waals surface area (Å²) in [5.41, 5.74) is 9.10. The summed E-state index contributed by atoms with van der Waals surface area (Å²) in [4.78, 5) is 26.5. The zero-order chi connectivity index (χ0) is 27.3. The minimum Gasteiger partial charge on any atom is -0.481 e. The van der Waals surface area contributed by atoms with Crippen molar-refractivity contribution in [1.29, 1.82) is 0 Å². The van der Waals surface area contributed by atoms with Crippen LogP contribution in [0.4, 0.5) is 0 Å². The van der Waals surface area contributed by atoms with Crippen LogP contribution in [0, 0.1) is 0 Å². The molecule has 7 rings (SSSR count). The lowest BCUT2D eigenvalue weighted by Gasteiger charge is -2.05. The van der Waals surface area contributed by atoms with Crippen molar-refractivity contribution in [3.8, 4) is 0 Å². The Labute approximate surface area is 231 Å². The lowest BCUT2D eigenvalue weighted by molar-refractivity contribution is -0.137. The van der Waals surface area contributed by atoms with Crippen LogP contribution in [0.25, 0.3) is 57.1 Å². The minimum absolute atomic E-state index is 0.239. The number of aromatic nitrogens is 4. The molecule has 0 spiro atoms. The second kappa shape index (κ2) is 11.3. The SMILES string of the molecule is C1=Cc2cc3ccc(cc4ccc(cc5nc(cc1n2)C=C5)[nH]4)[nH]3.O=C(O)CCCc1cccc2ccccc12. The number of H-pyrrole nitrogens is 2. The molecular formula is C34H28N4O2. The molecule has 6 heteroatoms. The topological polar surface area (TPSA) is 94.7 Å². The van der Waals surface area contributed by atoms with E-state index >= 15 is 0 Å². The van der Waals surface area contributed by atoms with E-state index in [2.05, 4.69) is 74.5 Å². The number of aliphatic carboxylic acids is 1. The molecule has 2 aromatic carbocycles. The molecule has 2 aliphatic heterocycles. The van der Waals surface area contributed by atoms with Gasteiger partial charge in [-0.1, -0.05) is 42.5 Å². The van der Waals surface area contributed by atoms with Crippen molar-refractivity contribution >= 4 is 63.1 Å². The number of hydrogen-bond donors (Lipinski definition) is 3. The number of carboxylic acid groups (broad SMARTS) is 1. The van der Waals surface area contributed by atoms with Crippen LogP contribution in [0.1, 0.15) is 41.2 Å². The molecule has 0 atom stereocenters. The molecule has 5 aromatic rings. The van der Waals surface area contributed by atoms with E-state index in [0.29, 0.717) is 6.42 Å². The van der Waals surface area contributed by atoms with Crippen molar-refractivity contribution in [3.05, 3.63) is 119 Å². The van der Waals surface area contributed by atoms with Gasteiger partial charge in [-0.25, -0.2) is 9.97 Å². The van der Waals surface area contributed by atoms with Gasteiger partial charge in [0, 0.05) is 28.5 Å². The van der Waals surface area contributed by atoms with Crippen LogP contribution in [0.5, 0.6) is 0 Å². The first-order valence-electron chi connectivity index (χ1n) is 13.3. The van der Waals surface area contributed by atoms with E-state index in [1.54, 1.807) is 0 Å². The molecule has 0 aliphatic carbocycles. The molecule has 40 heavy (non-hydrogen) atoms. The standard InChI is InChI=1S/C20H14N4.C14H14O2/c1-2-14-10-16-5-6-18(23-16)12-20-8-7-19(24-20)11-17-4-3-15(22-17)9-13(1)21-14;15-14(16)10-4-8-12-7-3-6-11-5-1-2-9-13(11)12/h1-12,21-22H;1-3,5-7,9H,4,8,10H2,(H,15,16). The lowest BCUT2D eigenvalue weighted by atomic mass is 10.0. The number of hydrogen-bond acceptors (Lipinski definition) is 3. The molecule has 0 unspecified atom stereocenters. The average molecular weight is 525 g/mol.